The molecule has 3 heterocycles. The summed E-state index contributed by atoms with van der Waals surface area (Å²) in [7, 11) is 4.07. The maximum absolute atomic E-state index is 5.81. The van der Waals surface area contributed by atoms with Gasteiger partial charge in [-0.05, 0) is 59.2 Å². The van der Waals surface area contributed by atoms with E-state index in [0.29, 0.717) is 6.54 Å². The van der Waals surface area contributed by atoms with E-state index in [2.05, 4.69) is 60.0 Å². The van der Waals surface area contributed by atoms with Crippen LogP contribution in [0.3, 0.4) is 0 Å². The fourth-order valence-electron chi connectivity index (χ4n) is 3.98. The first kappa shape index (κ1) is 19.5. The molecule has 2 unspecified atom stereocenters. The molecule has 0 amide bonds. The lowest BCUT2D eigenvalue weighted by Crippen LogP contribution is -2.23. The van der Waals surface area contributed by atoms with E-state index < -0.39 is 0 Å². The minimum atomic E-state index is -0.219. The third-order valence-electron chi connectivity index (χ3n) is 5.69. The van der Waals surface area contributed by atoms with Crippen molar-refractivity contribution in [3.63, 3.8) is 0 Å². The van der Waals surface area contributed by atoms with Gasteiger partial charge in [-0.2, -0.15) is 0 Å². The lowest BCUT2D eigenvalue weighted by Gasteiger charge is -2.22. The molecule has 2 N–H and O–H groups in total. The second-order valence-electron chi connectivity index (χ2n) is 8.05. The first-order valence-electron chi connectivity index (χ1n) is 10.5. The largest absolute Gasteiger partial charge is 0.378 e. The van der Waals surface area contributed by atoms with Crippen LogP contribution >= 0.6 is 0 Å². The van der Waals surface area contributed by atoms with Gasteiger partial charge < -0.3 is 19.9 Å². The molecule has 160 valence electrons. The molecule has 0 radical (unpaired) electrons. The van der Waals surface area contributed by atoms with Crippen LogP contribution in [0.25, 0.3) is 11.0 Å². The molecule has 2 aromatic heterocycles. The van der Waals surface area contributed by atoms with Crippen molar-refractivity contribution in [2.24, 2.45) is 0 Å². The Labute approximate surface area is 180 Å². The number of benzene rings is 2. The number of aromatic nitrogens is 6. The quantitative estimate of drug-likeness (QED) is 0.476. The van der Waals surface area contributed by atoms with Crippen LogP contribution in [0.4, 0.5) is 11.4 Å². The Morgan fingerprint density at radius 1 is 1.23 bits per heavy atom. The summed E-state index contributed by atoms with van der Waals surface area (Å²) in [4.78, 5) is 9.59. The Bertz CT molecular complexity index is 1140. The van der Waals surface area contributed by atoms with Crippen LogP contribution in [0.1, 0.15) is 30.3 Å². The summed E-state index contributed by atoms with van der Waals surface area (Å²) in [6, 6.07) is 14.3. The number of aromatic amines is 1. The van der Waals surface area contributed by atoms with Crippen molar-refractivity contribution < 1.29 is 4.74 Å². The highest BCUT2D eigenvalue weighted by molar-refractivity contribution is 5.78. The molecular formula is C22H26N8O. The molecule has 2 aromatic carbocycles. The summed E-state index contributed by atoms with van der Waals surface area (Å²) in [5, 5.41) is 16.3. The highest BCUT2D eigenvalue weighted by Crippen LogP contribution is 2.28. The number of hydrogen-bond donors (Lipinski definition) is 2. The number of imidazole rings is 1. The van der Waals surface area contributed by atoms with Gasteiger partial charge in [0.05, 0.1) is 30.0 Å². The Balaban J connectivity index is 1.50. The maximum Gasteiger partial charge on any atom is 0.178 e. The number of rotatable bonds is 7. The monoisotopic (exact) mass is 418 g/mol. The Morgan fingerprint density at radius 2 is 2.10 bits per heavy atom. The number of nitrogens with zero attached hydrogens (tertiary/aromatic N) is 6. The SMILES string of the molecule is CN(C)c1ccc(C(Nc2ccc3[nH]cnc3c2)c2nnnn2CC2CCCO2)cc1. The van der Waals surface area contributed by atoms with Gasteiger partial charge in [0.1, 0.15) is 6.04 Å². The van der Waals surface area contributed by atoms with Crippen molar-refractivity contribution >= 4 is 22.4 Å². The van der Waals surface area contributed by atoms with Crippen molar-refractivity contribution in [1.29, 1.82) is 0 Å². The van der Waals surface area contributed by atoms with Crippen molar-refractivity contribution in [2.45, 2.75) is 31.5 Å². The summed E-state index contributed by atoms with van der Waals surface area (Å²) < 4.78 is 7.67. The van der Waals surface area contributed by atoms with E-state index in [0.717, 1.165) is 53.2 Å². The first-order valence-corrected chi connectivity index (χ1v) is 10.5. The maximum atomic E-state index is 5.81. The Kier molecular flexibility index (Phi) is 5.25. The predicted molar refractivity (Wildman–Crippen MR) is 119 cm³/mol. The highest BCUT2D eigenvalue weighted by Gasteiger charge is 2.25. The van der Waals surface area contributed by atoms with Gasteiger partial charge in [-0.25, -0.2) is 9.67 Å². The van der Waals surface area contributed by atoms with E-state index in [1.807, 2.05) is 37.0 Å². The lowest BCUT2D eigenvalue weighted by atomic mass is 10.0. The molecule has 0 aliphatic carbocycles. The molecule has 9 heteroatoms. The topological polar surface area (TPSA) is 96.8 Å². The van der Waals surface area contributed by atoms with Gasteiger partial charge in [-0.1, -0.05) is 12.1 Å². The molecule has 2 atom stereocenters. The molecule has 31 heavy (non-hydrogen) atoms. The van der Waals surface area contributed by atoms with Gasteiger partial charge in [0.25, 0.3) is 0 Å². The molecule has 9 nitrogen and oxygen atoms in total. The van der Waals surface area contributed by atoms with Gasteiger partial charge in [-0.3, -0.25) is 0 Å². The number of ether oxygens (including phenoxy) is 1. The van der Waals surface area contributed by atoms with Gasteiger partial charge in [0, 0.05) is 32.1 Å². The second-order valence-corrected chi connectivity index (χ2v) is 8.05. The molecule has 1 aliphatic heterocycles. The van der Waals surface area contributed by atoms with Crippen molar-refractivity contribution in [3.8, 4) is 0 Å². The van der Waals surface area contributed by atoms with Crippen LogP contribution in [0.2, 0.25) is 0 Å². The molecule has 0 bridgehead atoms. The van der Waals surface area contributed by atoms with E-state index >= 15 is 0 Å². The summed E-state index contributed by atoms with van der Waals surface area (Å²) in [5.41, 5.74) is 5.08. The lowest BCUT2D eigenvalue weighted by molar-refractivity contribution is 0.0925. The highest BCUT2D eigenvalue weighted by atomic mass is 16.5. The zero-order valence-corrected chi connectivity index (χ0v) is 17.7. The molecule has 4 aromatic rings. The second kappa shape index (κ2) is 8.35. The molecule has 0 saturated carbocycles. The fraction of sp³-hybridized carbons (Fsp3) is 0.364. The van der Waals surface area contributed by atoms with Crippen LogP contribution < -0.4 is 10.2 Å². The van der Waals surface area contributed by atoms with Crippen molar-refractivity contribution in [2.75, 3.05) is 30.9 Å². The van der Waals surface area contributed by atoms with Gasteiger partial charge >= 0.3 is 0 Å². The smallest absolute Gasteiger partial charge is 0.178 e. The average molecular weight is 419 g/mol. The minimum Gasteiger partial charge on any atom is -0.378 e. The van der Waals surface area contributed by atoms with Crippen LogP contribution in [0, 0.1) is 0 Å². The minimum absolute atomic E-state index is 0.152. The van der Waals surface area contributed by atoms with E-state index in [9.17, 15) is 0 Å². The normalized spacial score (nSPS) is 17.2. The molecule has 1 fully saturated rings. The molecule has 1 aliphatic rings. The van der Waals surface area contributed by atoms with Gasteiger partial charge in [-0.15, -0.1) is 5.10 Å². The van der Waals surface area contributed by atoms with Crippen LogP contribution in [0.15, 0.2) is 48.8 Å². The molecule has 0 spiro atoms. The van der Waals surface area contributed by atoms with Gasteiger partial charge in [0.2, 0.25) is 0 Å². The van der Waals surface area contributed by atoms with E-state index in [4.69, 9.17) is 4.74 Å². The number of anilines is 2. The number of hydrogen-bond acceptors (Lipinski definition) is 7. The molecular weight excluding hydrogens is 392 g/mol. The van der Waals surface area contributed by atoms with Gasteiger partial charge in [0.15, 0.2) is 5.82 Å². The first-order chi connectivity index (χ1) is 15.2. The van der Waals surface area contributed by atoms with Crippen molar-refractivity contribution in [3.05, 3.63) is 60.2 Å². The van der Waals surface area contributed by atoms with Crippen LogP contribution in [-0.2, 0) is 11.3 Å². The van der Waals surface area contributed by atoms with Crippen LogP contribution in [0.5, 0.6) is 0 Å². The van der Waals surface area contributed by atoms with Crippen molar-refractivity contribution in [1.82, 2.24) is 30.2 Å². The standard InChI is InChI=1S/C22H26N8O/c1-29(2)17-8-5-15(6-9-17)21(25-16-7-10-19-20(12-16)24-14-23-19)22-26-27-28-30(22)13-18-4-3-11-31-18/h5-10,12,14,18,21,25H,3-4,11,13H2,1-2H3,(H,23,24). The predicted octanol–water partition coefficient (Wildman–Crippen LogP) is 3.00. The summed E-state index contributed by atoms with van der Waals surface area (Å²) in [6.45, 7) is 1.45. The zero-order chi connectivity index (χ0) is 21.2. The zero-order valence-electron chi connectivity index (χ0n) is 17.7. The van der Waals surface area contributed by atoms with E-state index in [1.165, 1.54) is 0 Å². The van der Waals surface area contributed by atoms with E-state index in [1.54, 1.807) is 6.33 Å². The summed E-state index contributed by atoms with van der Waals surface area (Å²) in [6.07, 6.45) is 3.97. The Hall–Kier alpha value is -3.46. The summed E-state index contributed by atoms with van der Waals surface area (Å²) >= 11 is 0. The third-order valence-corrected chi connectivity index (χ3v) is 5.69. The Morgan fingerprint density at radius 3 is 2.87 bits per heavy atom. The average Bonchev–Trinajstić information content (AvgIpc) is 3.54. The fourth-order valence-corrected chi connectivity index (χ4v) is 3.98. The summed E-state index contributed by atoms with van der Waals surface area (Å²) in [5.74, 6) is 0.759. The molecule has 1 saturated heterocycles. The number of H-pyrrole nitrogens is 1. The number of fused-ring (bicyclic) bond motifs is 1. The number of tetrazole rings is 1. The number of nitrogens with one attached hydrogen (secondary N) is 2. The van der Waals surface area contributed by atoms with E-state index in [-0.39, 0.29) is 12.1 Å². The van der Waals surface area contributed by atoms with Crippen LogP contribution in [-0.4, -0.2) is 57.0 Å². The third kappa shape index (κ3) is 4.09. The molecule has 5 rings (SSSR count).